The summed E-state index contributed by atoms with van der Waals surface area (Å²) in [4.78, 5) is 24.3. The summed E-state index contributed by atoms with van der Waals surface area (Å²) in [7, 11) is 4.78. The highest BCUT2D eigenvalue weighted by Crippen LogP contribution is 2.23. The minimum atomic E-state index is -0.379. The third-order valence-corrected chi connectivity index (χ3v) is 4.40. The van der Waals surface area contributed by atoms with E-state index in [0.29, 0.717) is 18.0 Å². The van der Waals surface area contributed by atoms with E-state index in [-0.39, 0.29) is 17.5 Å². The Hall–Kier alpha value is -4.07. The first-order chi connectivity index (χ1) is 15.0. The van der Waals surface area contributed by atoms with Crippen molar-refractivity contribution in [1.82, 2.24) is 15.1 Å². The fourth-order valence-electron chi connectivity index (χ4n) is 2.91. The summed E-state index contributed by atoms with van der Waals surface area (Å²) in [5.41, 5.74) is 2.14. The molecule has 0 aliphatic heterocycles. The lowest BCUT2D eigenvalue weighted by molar-refractivity contribution is -0.111. The van der Waals surface area contributed by atoms with Crippen LogP contribution in [0.15, 0.2) is 60.8 Å². The summed E-state index contributed by atoms with van der Waals surface area (Å²) in [6, 6.07) is 15.1. The first-order valence-electron chi connectivity index (χ1n) is 9.59. The largest absolute Gasteiger partial charge is 0.496 e. The molecule has 0 radical (unpaired) electrons. The lowest BCUT2D eigenvalue weighted by Crippen LogP contribution is -2.21. The highest BCUT2D eigenvalue weighted by Gasteiger charge is 2.16. The number of aromatic nitrogens is 2. The van der Waals surface area contributed by atoms with E-state index >= 15 is 0 Å². The van der Waals surface area contributed by atoms with E-state index in [2.05, 4.69) is 15.7 Å². The van der Waals surface area contributed by atoms with Crippen LogP contribution in [0.2, 0.25) is 0 Å². The zero-order valence-electron chi connectivity index (χ0n) is 17.6. The Morgan fingerprint density at radius 3 is 2.65 bits per heavy atom. The number of nitrogens with zero attached hydrogens (tertiary/aromatic N) is 2. The molecule has 8 nitrogen and oxygen atoms in total. The molecule has 0 bridgehead atoms. The van der Waals surface area contributed by atoms with Gasteiger partial charge in [-0.2, -0.15) is 5.10 Å². The second-order valence-corrected chi connectivity index (χ2v) is 6.64. The second kappa shape index (κ2) is 10.1. The molecule has 0 fully saturated rings. The Bertz CT molecular complexity index is 1090. The summed E-state index contributed by atoms with van der Waals surface area (Å²) in [5, 5.41) is 9.25. The van der Waals surface area contributed by atoms with Gasteiger partial charge in [-0.15, -0.1) is 0 Å². The van der Waals surface area contributed by atoms with E-state index in [9.17, 15) is 9.59 Å². The Kier molecular flexibility index (Phi) is 7.05. The molecule has 0 aliphatic carbocycles. The van der Waals surface area contributed by atoms with Gasteiger partial charge in [0, 0.05) is 31.9 Å². The van der Waals surface area contributed by atoms with E-state index in [1.54, 1.807) is 26.4 Å². The van der Waals surface area contributed by atoms with Gasteiger partial charge in [-0.1, -0.05) is 24.3 Å². The van der Waals surface area contributed by atoms with E-state index in [0.717, 1.165) is 16.9 Å². The molecule has 0 unspecified atom stereocenters. The van der Waals surface area contributed by atoms with Gasteiger partial charge in [0.15, 0.2) is 5.69 Å². The number of carbonyl (C=O) groups excluding carboxylic acids is 2. The van der Waals surface area contributed by atoms with Crippen LogP contribution in [-0.4, -0.2) is 35.8 Å². The highest BCUT2D eigenvalue weighted by molar-refractivity contribution is 6.06. The molecule has 1 aromatic heterocycles. The quantitative estimate of drug-likeness (QED) is 0.547. The monoisotopic (exact) mass is 420 g/mol. The van der Waals surface area contributed by atoms with Gasteiger partial charge in [-0.05, 0) is 35.9 Å². The van der Waals surface area contributed by atoms with Crippen LogP contribution in [-0.2, 0) is 18.4 Å². The fraction of sp³-hybridized carbons (Fsp3) is 0.174. The van der Waals surface area contributed by atoms with Gasteiger partial charge in [0.2, 0.25) is 5.91 Å². The van der Waals surface area contributed by atoms with Crippen molar-refractivity contribution in [2.45, 2.75) is 6.61 Å². The van der Waals surface area contributed by atoms with Crippen molar-refractivity contribution >= 4 is 23.6 Å². The van der Waals surface area contributed by atoms with Crippen LogP contribution in [0.4, 0.5) is 5.69 Å². The van der Waals surface area contributed by atoms with Crippen LogP contribution in [0, 0.1) is 0 Å². The van der Waals surface area contributed by atoms with Crippen molar-refractivity contribution in [3.8, 4) is 11.5 Å². The molecule has 8 heteroatoms. The minimum Gasteiger partial charge on any atom is -0.496 e. The molecule has 0 saturated carbocycles. The first kappa shape index (κ1) is 21.6. The molecule has 3 rings (SSSR count). The number of methoxy groups -OCH3 is 1. The lowest BCUT2D eigenvalue weighted by Gasteiger charge is -2.11. The molecule has 31 heavy (non-hydrogen) atoms. The van der Waals surface area contributed by atoms with Crippen molar-refractivity contribution in [3.63, 3.8) is 0 Å². The molecule has 0 saturated heterocycles. The van der Waals surface area contributed by atoms with Crippen molar-refractivity contribution in [1.29, 1.82) is 0 Å². The fourth-order valence-corrected chi connectivity index (χ4v) is 2.91. The van der Waals surface area contributed by atoms with Gasteiger partial charge in [-0.25, -0.2) is 0 Å². The number of anilines is 1. The number of rotatable bonds is 8. The third kappa shape index (κ3) is 5.72. The SMILES string of the molecule is CNC(=O)c1nn(C)cc1NC(=O)/C=C/c1ccc(OC)c(COc2ccccc2)c1. The average Bonchev–Trinajstić information content (AvgIpc) is 3.16. The Labute approximate surface area is 180 Å². The molecule has 0 aliphatic rings. The van der Waals surface area contributed by atoms with Crippen LogP contribution in [0.3, 0.4) is 0 Å². The number of nitrogens with one attached hydrogen (secondary N) is 2. The molecule has 1 heterocycles. The molecule has 160 valence electrons. The predicted octanol–water partition coefficient (Wildman–Crippen LogP) is 3.02. The zero-order chi connectivity index (χ0) is 22.2. The maximum absolute atomic E-state index is 12.4. The molecule has 0 spiro atoms. The standard InChI is InChI=1S/C23H24N4O4/c1-24-23(29)22-19(14-27(2)26-22)25-21(28)12-10-16-9-11-20(30-3)17(13-16)15-31-18-7-5-4-6-8-18/h4-14H,15H2,1-3H3,(H,24,29)(H,25,28)/b12-10+. The van der Waals surface area contributed by atoms with Gasteiger partial charge in [-0.3, -0.25) is 14.3 Å². The van der Waals surface area contributed by atoms with Gasteiger partial charge >= 0.3 is 0 Å². The third-order valence-electron chi connectivity index (χ3n) is 4.40. The van der Waals surface area contributed by atoms with Gasteiger partial charge < -0.3 is 20.1 Å². The van der Waals surface area contributed by atoms with E-state index in [4.69, 9.17) is 9.47 Å². The van der Waals surface area contributed by atoms with Crippen LogP contribution in [0.1, 0.15) is 21.6 Å². The van der Waals surface area contributed by atoms with E-state index in [1.165, 1.54) is 17.8 Å². The van der Waals surface area contributed by atoms with E-state index in [1.807, 2.05) is 48.5 Å². The number of aryl methyl sites for hydroxylation is 1. The van der Waals surface area contributed by atoms with Gasteiger partial charge in [0.05, 0.1) is 12.8 Å². The molecule has 3 aromatic rings. The summed E-state index contributed by atoms with van der Waals surface area (Å²) in [6.07, 6.45) is 4.64. The number of hydrogen-bond acceptors (Lipinski definition) is 5. The average molecular weight is 420 g/mol. The number of ether oxygens (including phenoxy) is 2. The number of amides is 2. The number of hydrogen-bond donors (Lipinski definition) is 2. The lowest BCUT2D eigenvalue weighted by atomic mass is 10.1. The van der Waals surface area contributed by atoms with Crippen molar-refractivity contribution in [2.75, 3.05) is 19.5 Å². The summed E-state index contributed by atoms with van der Waals surface area (Å²) >= 11 is 0. The van der Waals surface area contributed by atoms with Crippen LogP contribution in [0.25, 0.3) is 6.08 Å². The summed E-state index contributed by atoms with van der Waals surface area (Å²) < 4.78 is 12.7. The van der Waals surface area contributed by atoms with Crippen LogP contribution in [0.5, 0.6) is 11.5 Å². The normalized spacial score (nSPS) is 10.7. The first-order valence-corrected chi connectivity index (χ1v) is 9.59. The smallest absolute Gasteiger partial charge is 0.273 e. The maximum atomic E-state index is 12.4. The predicted molar refractivity (Wildman–Crippen MR) is 118 cm³/mol. The van der Waals surface area contributed by atoms with Gasteiger partial charge in [0.1, 0.15) is 18.1 Å². The van der Waals surface area contributed by atoms with Crippen molar-refractivity contribution < 1.29 is 19.1 Å². The highest BCUT2D eigenvalue weighted by atomic mass is 16.5. The van der Waals surface area contributed by atoms with Crippen molar-refractivity contribution in [2.24, 2.45) is 7.05 Å². The molecular formula is C23H24N4O4. The molecular weight excluding hydrogens is 396 g/mol. The molecule has 2 N–H and O–H groups in total. The molecule has 2 amide bonds. The molecule has 0 atom stereocenters. The Morgan fingerprint density at radius 1 is 1.16 bits per heavy atom. The maximum Gasteiger partial charge on any atom is 0.273 e. The Balaban J connectivity index is 1.70. The van der Waals surface area contributed by atoms with Crippen LogP contribution < -0.4 is 20.1 Å². The molecule has 2 aromatic carbocycles. The number of carbonyl (C=O) groups is 2. The minimum absolute atomic E-state index is 0.150. The second-order valence-electron chi connectivity index (χ2n) is 6.64. The number of para-hydroxylation sites is 1. The topological polar surface area (TPSA) is 94.5 Å². The van der Waals surface area contributed by atoms with Crippen molar-refractivity contribution in [3.05, 3.63) is 77.6 Å². The van der Waals surface area contributed by atoms with E-state index < -0.39 is 0 Å². The summed E-state index contributed by atoms with van der Waals surface area (Å²) in [6.45, 7) is 0.326. The zero-order valence-corrected chi connectivity index (χ0v) is 17.6. The number of benzene rings is 2. The van der Waals surface area contributed by atoms with Gasteiger partial charge in [0.25, 0.3) is 5.91 Å². The van der Waals surface area contributed by atoms with Crippen LogP contribution >= 0.6 is 0 Å². The summed E-state index contributed by atoms with van der Waals surface area (Å²) in [5.74, 6) is 0.700. The Morgan fingerprint density at radius 2 is 1.94 bits per heavy atom.